The van der Waals surface area contributed by atoms with Gasteiger partial charge in [-0.1, -0.05) is 13.3 Å². The fourth-order valence-electron chi connectivity index (χ4n) is 3.09. The number of ether oxygens (including phenoxy) is 2. The lowest BCUT2D eigenvalue weighted by Gasteiger charge is -2.35. The quantitative estimate of drug-likeness (QED) is 0.822. The molecule has 1 aliphatic rings. The van der Waals surface area contributed by atoms with Gasteiger partial charge in [0.05, 0.1) is 20.3 Å². The normalized spacial score (nSPS) is 16.4. The molecule has 1 fully saturated rings. The Morgan fingerprint density at radius 3 is 2.52 bits per heavy atom. The number of carbonyl (C=O) groups excluding carboxylic acids is 1. The van der Waals surface area contributed by atoms with Crippen LogP contribution in [-0.4, -0.2) is 62.8 Å². The standard InChI is InChI=1S/C19H31N3O3/c1-5-6-9-21-10-12-22(13-11-21)19(23)20-15(2)17-14-16(24-3)7-8-18(17)25-4/h7-8,14-15H,5-6,9-13H2,1-4H3,(H,20,23)/t15-/m1/s1. The van der Waals surface area contributed by atoms with Gasteiger partial charge in [-0.05, 0) is 38.1 Å². The van der Waals surface area contributed by atoms with Crippen molar-refractivity contribution in [3.05, 3.63) is 23.8 Å². The van der Waals surface area contributed by atoms with E-state index in [1.807, 2.05) is 30.0 Å². The zero-order chi connectivity index (χ0) is 18.2. The van der Waals surface area contributed by atoms with Gasteiger partial charge in [0.15, 0.2) is 0 Å². The van der Waals surface area contributed by atoms with E-state index in [1.165, 1.54) is 12.8 Å². The number of methoxy groups -OCH3 is 2. The molecule has 1 N–H and O–H groups in total. The monoisotopic (exact) mass is 349 g/mol. The molecule has 6 heteroatoms. The van der Waals surface area contributed by atoms with E-state index in [9.17, 15) is 4.79 Å². The average molecular weight is 349 g/mol. The number of rotatable bonds is 7. The highest BCUT2D eigenvalue weighted by Gasteiger charge is 2.23. The van der Waals surface area contributed by atoms with Crippen molar-refractivity contribution in [3.63, 3.8) is 0 Å². The molecule has 0 aliphatic carbocycles. The van der Waals surface area contributed by atoms with Gasteiger partial charge in [-0.15, -0.1) is 0 Å². The van der Waals surface area contributed by atoms with Crippen molar-refractivity contribution in [3.8, 4) is 11.5 Å². The Labute approximate surface area is 151 Å². The summed E-state index contributed by atoms with van der Waals surface area (Å²) in [5, 5.41) is 3.08. The third kappa shape index (κ3) is 5.26. The molecule has 2 amide bonds. The van der Waals surface area contributed by atoms with Crippen LogP contribution in [0.2, 0.25) is 0 Å². The first-order chi connectivity index (χ1) is 12.1. The van der Waals surface area contributed by atoms with Crippen molar-refractivity contribution in [2.24, 2.45) is 0 Å². The van der Waals surface area contributed by atoms with Crippen LogP contribution in [-0.2, 0) is 0 Å². The molecule has 6 nitrogen and oxygen atoms in total. The van der Waals surface area contributed by atoms with Crippen LogP contribution in [0.1, 0.15) is 38.3 Å². The second kappa shape index (κ2) is 9.51. The second-order valence-corrected chi connectivity index (χ2v) is 6.46. The summed E-state index contributed by atoms with van der Waals surface area (Å²) in [6.45, 7) is 8.75. The smallest absolute Gasteiger partial charge is 0.317 e. The first-order valence-corrected chi connectivity index (χ1v) is 9.08. The fraction of sp³-hybridized carbons (Fsp3) is 0.632. The first-order valence-electron chi connectivity index (χ1n) is 9.08. The number of piperazine rings is 1. The zero-order valence-electron chi connectivity index (χ0n) is 15.9. The lowest BCUT2D eigenvalue weighted by molar-refractivity contribution is 0.136. The summed E-state index contributed by atoms with van der Waals surface area (Å²) in [5.74, 6) is 1.50. The van der Waals surface area contributed by atoms with Gasteiger partial charge in [-0.3, -0.25) is 4.90 Å². The molecule has 0 unspecified atom stereocenters. The van der Waals surface area contributed by atoms with Gasteiger partial charge in [-0.25, -0.2) is 4.79 Å². The number of carbonyl (C=O) groups is 1. The summed E-state index contributed by atoms with van der Waals surface area (Å²) in [6, 6.07) is 5.45. The van der Waals surface area contributed by atoms with Gasteiger partial charge >= 0.3 is 6.03 Å². The van der Waals surface area contributed by atoms with Crippen molar-refractivity contribution in [2.45, 2.75) is 32.7 Å². The zero-order valence-corrected chi connectivity index (χ0v) is 15.9. The number of urea groups is 1. The van der Waals surface area contributed by atoms with Gasteiger partial charge in [0, 0.05) is 31.7 Å². The SMILES string of the molecule is CCCCN1CCN(C(=O)N[C@H](C)c2cc(OC)ccc2OC)CC1. The maximum atomic E-state index is 12.6. The Morgan fingerprint density at radius 2 is 1.92 bits per heavy atom. The third-order valence-corrected chi connectivity index (χ3v) is 4.73. The maximum Gasteiger partial charge on any atom is 0.317 e. The van der Waals surface area contributed by atoms with Gasteiger partial charge in [-0.2, -0.15) is 0 Å². The molecule has 25 heavy (non-hydrogen) atoms. The van der Waals surface area contributed by atoms with Crippen LogP contribution in [0.5, 0.6) is 11.5 Å². The highest BCUT2D eigenvalue weighted by Crippen LogP contribution is 2.29. The molecular weight excluding hydrogens is 318 g/mol. The largest absolute Gasteiger partial charge is 0.497 e. The molecular formula is C19H31N3O3. The highest BCUT2D eigenvalue weighted by atomic mass is 16.5. The summed E-state index contributed by atoms with van der Waals surface area (Å²) < 4.78 is 10.7. The summed E-state index contributed by atoms with van der Waals surface area (Å²) in [4.78, 5) is 16.9. The van der Waals surface area contributed by atoms with E-state index in [4.69, 9.17) is 9.47 Å². The number of hydrogen-bond donors (Lipinski definition) is 1. The molecule has 1 saturated heterocycles. The van der Waals surface area contributed by atoms with Crippen molar-refractivity contribution in [2.75, 3.05) is 46.9 Å². The Balaban J connectivity index is 1.92. The van der Waals surface area contributed by atoms with E-state index in [-0.39, 0.29) is 12.1 Å². The molecule has 1 aromatic rings. The number of benzene rings is 1. The summed E-state index contributed by atoms with van der Waals surface area (Å²) in [6.07, 6.45) is 2.43. The minimum Gasteiger partial charge on any atom is -0.497 e. The molecule has 0 aromatic heterocycles. The van der Waals surface area contributed by atoms with Crippen LogP contribution in [0.15, 0.2) is 18.2 Å². The van der Waals surface area contributed by atoms with Crippen molar-refractivity contribution >= 4 is 6.03 Å². The first kappa shape index (κ1) is 19.4. The van der Waals surface area contributed by atoms with Crippen LogP contribution in [0.3, 0.4) is 0 Å². The topological polar surface area (TPSA) is 54.0 Å². The van der Waals surface area contributed by atoms with Crippen molar-refractivity contribution in [1.82, 2.24) is 15.1 Å². The van der Waals surface area contributed by atoms with Gasteiger partial charge < -0.3 is 19.7 Å². The van der Waals surface area contributed by atoms with E-state index in [2.05, 4.69) is 17.1 Å². The van der Waals surface area contributed by atoms with E-state index in [0.29, 0.717) is 0 Å². The lowest BCUT2D eigenvalue weighted by Crippen LogP contribution is -2.52. The molecule has 1 heterocycles. The third-order valence-electron chi connectivity index (χ3n) is 4.73. The number of amides is 2. The fourth-order valence-corrected chi connectivity index (χ4v) is 3.09. The van der Waals surface area contributed by atoms with E-state index in [0.717, 1.165) is 49.8 Å². The molecule has 0 saturated carbocycles. The van der Waals surface area contributed by atoms with Crippen LogP contribution >= 0.6 is 0 Å². The van der Waals surface area contributed by atoms with Crippen LogP contribution in [0, 0.1) is 0 Å². The molecule has 140 valence electrons. The summed E-state index contributed by atoms with van der Waals surface area (Å²) in [7, 11) is 3.27. The maximum absolute atomic E-state index is 12.6. The average Bonchev–Trinajstić information content (AvgIpc) is 2.66. The Bertz CT molecular complexity index is 557. The Hall–Kier alpha value is -1.95. The molecule has 1 aromatic carbocycles. The van der Waals surface area contributed by atoms with E-state index < -0.39 is 0 Å². The highest BCUT2D eigenvalue weighted by molar-refractivity contribution is 5.75. The molecule has 0 bridgehead atoms. The number of nitrogens with one attached hydrogen (secondary N) is 1. The van der Waals surface area contributed by atoms with Gasteiger partial charge in [0.25, 0.3) is 0 Å². The predicted molar refractivity (Wildman–Crippen MR) is 99.4 cm³/mol. The van der Waals surface area contributed by atoms with Gasteiger partial charge in [0.2, 0.25) is 0 Å². The van der Waals surface area contributed by atoms with Crippen LogP contribution < -0.4 is 14.8 Å². The Morgan fingerprint density at radius 1 is 1.20 bits per heavy atom. The van der Waals surface area contributed by atoms with Crippen LogP contribution in [0.25, 0.3) is 0 Å². The lowest BCUT2D eigenvalue weighted by atomic mass is 10.1. The van der Waals surface area contributed by atoms with Crippen molar-refractivity contribution < 1.29 is 14.3 Å². The molecule has 0 spiro atoms. The minimum atomic E-state index is -0.157. The molecule has 2 rings (SSSR count). The molecule has 1 atom stereocenters. The van der Waals surface area contributed by atoms with Gasteiger partial charge in [0.1, 0.15) is 11.5 Å². The molecule has 0 radical (unpaired) electrons. The minimum absolute atomic E-state index is 0.0208. The number of hydrogen-bond acceptors (Lipinski definition) is 4. The Kier molecular flexibility index (Phi) is 7.37. The number of unbranched alkanes of at least 4 members (excludes halogenated alkanes) is 1. The summed E-state index contributed by atoms with van der Waals surface area (Å²) >= 11 is 0. The van der Waals surface area contributed by atoms with Crippen molar-refractivity contribution in [1.29, 1.82) is 0 Å². The van der Waals surface area contributed by atoms with E-state index >= 15 is 0 Å². The summed E-state index contributed by atoms with van der Waals surface area (Å²) in [5.41, 5.74) is 0.914. The van der Waals surface area contributed by atoms with E-state index in [1.54, 1.807) is 14.2 Å². The predicted octanol–water partition coefficient (Wildman–Crippen LogP) is 2.89. The second-order valence-electron chi connectivity index (χ2n) is 6.46. The molecule has 1 aliphatic heterocycles. The number of nitrogens with zero attached hydrogens (tertiary/aromatic N) is 2. The van der Waals surface area contributed by atoms with Crippen LogP contribution in [0.4, 0.5) is 4.79 Å².